The summed E-state index contributed by atoms with van der Waals surface area (Å²) in [6.45, 7) is 0.276. The van der Waals surface area contributed by atoms with E-state index in [1.165, 1.54) is 8.99 Å². The Hall–Kier alpha value is -2.36. The number of nitrogens with two attached hydrogens (primary N) is 2. The third-order valence-electron chi connectivity index (χ3n) is 4.44. The van der Waals surface area contributed by atoms with E-state index in [1.807, 2.05) is 30.3 Å². The summed E-state index contributed by atoms with van der Waals surface area (Å²) >= 11 is 0. The van der Waals surface area contributed by atoms with Gasteiger partial charge in [-0.25, -0.2) is 8.42 Å². The minimum atomic E-state index is -3.33. The van der Waals surface area contributed by atoms with Crippen LogP contribution in [0.15, 0.2) is 24.3 Å². The second kappa shape index (κ2) is 4.82. The molecular formula is C15H18N6O2S. The molecule has 0 radical (unpaired) electrons. The Morgan fingerprint density at radius 2 is 2.17 bits per heavy atom. The first-order chi connectivity index (χ1) is 11.3. The molecule has 9 heteroatoms. The van der Waals surface area contributed by atoms with Gasteiger partial charge in [-0.05, 0) is 23.4 Å². The van der Waals surface area contributed by atoms with Gasteiger partial charge < -0.3 is 16.8 Å². The molecule has 2 aliphatic heterocycles. The Morgan fingerprint density at radius 1 is 1.38 bits per heavy atom. The minimum absolute atomic E-state index is 0.178. The average Bonchev–Trinajstić information content (AvgIpc) is 2.90. The summed E-state index contributed by atoms with van der Waals surface area (Å²) in [5.74, 6) is -0.178. The van der Waals surface area contributed by atoms with Crippen LogP contribution in [0.4, 0.5) is 5.69 Å². The molecule has 126 valence electrons. The van der Waals surface area contributed by atoms with Crippen molar-refractivity contribution in [1.29, 1.82) is 0 Å². The molecule has 1 aromatic heterocycles. The highest BCUT2D eigenvalue weighted by molar-refractivity contribution is 7.88. The van der Waals surface area contributed by atoms with Gasteiger partial charge in [-0.2, -0.15) is 9.40 Å². The van der Waals surface area contributed by atoms with Crippen LogP contribution in [0.5, 0.6) is 0 Å². The maximum absolute atomic E-state index is 12.0. The normalized spacial score (nSPS) is 24.9. The molecule has 0 aliphatic carbocycles. The molecule has 0 spiro atoms. The summed E-state index contributed by atoms with van der Waals surface area (Å²) in [5.41, 5.74) is 13.5. The molecule has 0 bridgehead atoms. The van der Waals surface area contributed by atoms with Crippen molar-refractivity contribution in [1.82, 2.24) is 19.4 Å². The third-order valence-corrected chi connectivity index (χ3v) is 6.09. The molecule has 0 fully saturated rings. The first kappa shape index (κ1) is 15.2. The van der Waals surface area contributed by atoms with Gasteiger partial charge in [0.2, 0.25) is 10.0 Å². The van der Waals surface area contributed by atoms with Gasteiger partial charge in [0.1, 0.15) is 5.69 Å². The maximum atomic E-state index is 12.0. The van der Waals surface area contributed by atoms with E-state index in [0.717, 1.165) is 16.1 Å². The van der Waals surface area contributed by atoms with Crippen LogP contribution in [0.3, 0.4) is 0 Å². The molecule has 3 heterocycles. The maximum Gasteiger partial charge on any atom is 0.234 e. The second-order valence-electron chi connectivity index (χ2n) is 6.17. The van der Waals surface area contributed by atoms with Gasteiger partial charge in [-0.15, -0.1) is 0 Å². The average molecular weight is 346 g/mol. The van der Waals surface area contributed by atoms with E-state index in [2.05, 4.69) is 10.4 Å². The molecular weight excluding hydrogens is 328 g/mol. The molecule has 2 aromatic rings. The molecule has 8 nitrogen and oxygen atoms in total. The number of rotatable bonds is 1. The Morgan fingerprint density at radius 3 is 2.96 bits per heavy atom. The summed E-state index contributed by atoms with van der Waals surface area (Å²) in [6.07, 6.45) is 3.62. The summed E-state index contributed by atoms with van der Waals surface area (Å²) in [5, 5.41) is 9.33. The summed E-state index contributed by atoms with van der Waals surface area (Å²) in [7, 11) is -1.77. The lowest BCUT2D eigenvalue weighted by Gasteiger charge is -2.27. The molecule has 1 unspecified atom stereocenters. The van der Waals surface area contributed by atoms with Gasteiger partial charge in [0.15, 0.2) is 11.5 Å². The fourth-order valence-electron chi connectivity index (χ4n) is 3.00. The van der Waals surface area contributed by atoms with Gasteiger partial charge in [-0.1, -0.05) is 12.1 Å². The summed E-state index contributed by atoms with van der Waals surface area (Å²) in [4.78, 5) is 0. The first-order valence-electron chi connectivity index (χ1n) is 7.44. The van der Waals surface area contributed by atoms with Gasteiger partial charge in [0.05, 0.1) is 12.2 Å². The van der Waals surface area contributed by atoms with Crippen LogP contribution in [-0.4, -0.2) is 29.6 Å². The van der Waals surface area contributed by atoms with E-state index in [0.29, 0.717) is 11.4 Å². The summed E-state index contributed by atoms with van der Waals surface area (Å²) < 4.78 is 26.8. The van der Waals surface area contributed by atoms with Crippen molar-refractivity contribution in [2.24, 2.45) is 5.73 Å². The van der Waals surface area contributed by atoms with Crippen molar-refractivity contribution in [3.05, 3.63) is 46.1 Å². The molecule has 0 saturated carbocycles. The Labute approximate surface area is 139 Å². The van der Waals surface area contributed by atoms with E-state index in [4.69, 9.17) is 11.5 Å². The van der Waals surface area contributed by atoms with Gasteiger partial charge in [0.25, 0.3) is 0 Å². The number of nitrogen functional groups attached to an aromatic ring is 1. The van der Waals surface area contributed by atoms with Crippen molar-refractivity contribution in [2.45, 2.75) is 18.1 Å². The molecule has 4 rings (SSSR count). The zero-order valence-corrected chi connectivity index (χ0v) is 13.9. The lowest BCUT2D eigenvalue weighted by Crippen LogP contribution is -2.53. The first-order valence-corrected chi connectivity index (χ1v) is 9.05. The minimum Gasteiger partial charge on any atom is -0.398 e. The van der Waals surface area contributed by atoms with E-state index in [9.17, 15) is 8.42 Å². The lowest BCUT2D eigenvalue weighted by atomic mass is 10.0. The van der Waals surface area contributed by atoms with Crippen LogP contribution in [0.1, 0.15) is 11.4 Å². The number of nitrogens with one attached hydrogen (secondary N) is 1. The second-order valence-corrected chi connectivity index (χ2v) is 8.22. The number of sulfonamides is 1. The third kappa shape index (κ3) is 2.20. The molecule has 5 N–H and O–H groups in total. The SMILES string of the molecule is CN1Cc2cc(C3(N)C=c4cccc(N)c4=CN3)nn2CS1(=O)=O. The summed E-state index contributed by atoms with van der Waals surface area (Å²) in [6, 6.07) is 7.45. The standard InChI is InChI=1S/C15H18N6O2S/c1-20-8-11-5-14(19-21(11)9-24(20,22)23)15(17)6-10-3-2-4-13(16)12(10)7-18-15/h2-7,18H,8-9,16-17H2,1H3. The fraction of sp³-hybridized carbons (Fsp3) is 0.267. The van der Waals surface area contributed by atoms with Crippen LogP contribution >= 0.6 is 0 Å². The van der Waals surface area contributed by atoms with Gasteiger partial charge in [-0.3, -0.25) is 4.68 Å². The molecule has 0 saturated heterocycles. The smallest absolute Gasteiger partial charge is 0.234 e. The number of hydrogen-bond acceptors (Lipinski definition) is 6. The number of fused-ring (bicyclic) bond motifs is 2. The largest absolute Gasteiger partial charge is 0.398 e. The van der Waals surface area contributed by atoms with Gasteiger partial charge >= 0.3 is 0 Å². The Bertz CT molecular complexity index is 1060. The molecule has 24 heavy (non-hydrogen) atoms. The highest BCUT2D eigenvalue weighted by Crippen LogP contribution is 2.23. The van der Waals surface area contributed by atoms with Crippen molar-refractivity contribution < 1.29 is 8.42 Å². The lowest BCUT2D eigenvalue weighted by molar-refractivity contribution is 0.412. The predicted molar refractivity (Wildman–Crippen MR) is 90.6 cm³/mol. The number of aromatic nitrogens is 2. The van der Waals surface area contributed by atoms with Crippen molar-refractivity contribution in [3.8, 4) is 0 Å². The number of anilines is 1. The zero-order valence-electron chi connectivity index (χ0n) is 13.1. The fourth-order valence-corrected chi connectivity index (χ4v) is 4.06. The van der Waals surface area contributed by atoms with Crippen molar-refractivity contribution in [3.63, 3.8) is 0 Å². The van der Waals surface area contributed by atoms with E-state index in [1.54, 1.807) is 13.2 Å². The zero-order chi connectivity index (χ0) is 17.1. The van der Waals surface area contributed by atoms with Crippen molar-refractivity contribution >= 4 is 28.0 Å². The molecule has 0 amide bonds. The Balaban J connectivity index is 1.81. The van der Waals surface area contributed by atoms with Crippen LogP contribution < -0.4 is 27.2 Å². The monoisotopic (exact) mass is 346 g/mol. The van der Waals surface area contributed by atoms with Gasteiger partial charge in [0, 0.05) is 24.2 Å². The topological polar surface area (TPSA) is 119 Å². The molecule has 1 atom stereocenters. The number of hydrogen-bond donors (Lipinski definition) is 3. The molecule has 2 aliphatic rings. The van der Waals surface area contributed by atoms with Crippen molar-refractivity contribution in [2.75, 3.05) is 12.8 Å². The Kier molecular flexibility index (Phi) is 3.05. The highest BCUT2D eigenvalue weighted by Gasteiger charge is 2.33. The highest BCUT2D eigenvalue weighted by atomic mass is 32.2. The number of nitrogens with zero attached hydrogens (tertiary/aromatic N) is 3. The van der Waals surface area contributed by atoms with E-state index in [-0.39, 0.29) is 12.4 Å². The van der Waals surface area contributed by atoms with E-state index < -0.39 is 15.7 Å². The molecule has 1 aromatic carbocycles. The number of benzene rings is 1. The van der Waals surface area contributed by atoms with Crippen LogP contribution in [0.25, 0.3) is 12.3 Å². The van der Waals surface area contributed by atoms with E-state index >= 15 is 0 Å². The van der Waals surface area contributed by atoms with Crippen LogP contribution in [0.2, 0.25) is 0 Å². The quantitative estimate of drug-likeness (QED) is 0.521. The van der Waals surface area contributed by atoms with Crippen LogP contribution in [-0.2, 0) is 28.1 Å². The van der Waals surface area contributed by atoms with Crippen LogP contribution in [0, 0.1) is 0 Å². The predicted octanol–water partition coefficient (Wildman–Crippen LogP) is -1.87.